The Morgan fingerprint density at radius 1 is 1.18 bits per heavy atom. The molecule has 0 saturated heterocycles. The van der Waals surface area contributed by atoms with Crippen molar-refractivity contribution in [2.75, 3.05) is 14.2 Å². The number of aryl methyl sites for hydroxylation is 1. The summed E-state index contributed by atoms with van der Waals surface area (Å²) in [4.78, 5) is 14.5. The standard InChI is InChI=1S/C19H21NO2/c1-20(17-12-11-14-7-3-5-9-16(14)17)19(21)13-15-8-4-6-10-18(15)22-2/h3-10,17H,11-13H2,1-2H3/t17-/m1/s1. The molecule has 0 aliphatic heterocycles. The van der Waals surface area contributed by atoms with Crippen molar-refractivity contribution >= 4 is 5.91 Å². The Hall–Kier alpha value is -2.29. The fourth-order valence-corrected chi connectivity index (χ4v) is 3.25. The number of fused-ring (bicyclic) bond motifs is 1. The van der Waals surface area contributed by atoms with E-state index in [0.717, 1.165) is 24.2 Å². The highest BCUT2D eigenvalue weighted by Crippen LogP contribution is 2.35. The van der Waals surface area contributed by atoms with Crippen LogP contribution < -0.4 is 4.74 Å². The molecule has 1 aliphatic rings. The number of carbonyl (C=O) groups is 1. The number of para-hydroxylation sites is 1. The lowest BCUT2D eigenvalue weighted by molar-refractivity contribution is -0.131. The molecule has 0 radical (unpaired) electrons. The second-order valence-corrected chi connectivity index (χ2v) is 5.75. The first-order valence-electron chi connectivity index (χ1n) is 7.66. The average Bonchev–Trinajstić information content (AvgIpc) is 2.98. The first kappa shape index (κ1) is 14.6. The molecule has 0 heterocycles. The van der Waals surface area contributed by atoms with Crippen LogP contribution in [0.2, 0.25) is 0 Å². The zero-order valence-electron chi connectivity index (χ0n) is 13.1. The van der Waals surface area contributed by atoms with Crippen molar-refractivity contribution < 1.29 is 9.53 Å². The molecule has 0 saturated carbocycles. The molecule has 0 bridgehead atoms. The fraction of sp³-hybridized carbons (Fsp3) is 0.316. The minimum absolute atomic E-state index is 0.131. The van der Waals surface area contributed by atoms with E-state index in [2.05, 4.69) is 24.3 Å². The molecule has 114 valence electrons. The number of ether oxygens (including phenoxy) is 1. The lowest BCUT2D eigenvalue weighted by atomic mass is 10.1. The maximum Gasteiger partial charge on any atom is 0.227 e. The second kappa shape index (κ2) is 6.22. The van der Waals surface area contributed by atoms with Gasteiger partial charge in [-0.25, -0.2) is 0 Å². The second-order valence-electron chi connectivity index (χ2n) is 5.75. The quantitative estimate of drug-likeness (QED) is 0.865. The lowest BCUT2D eigenvalue weighted by Gasteiger charge is -2.26. The van der Waals surface area contributed by atoms with Crippen LogP contribution in [0.15, 0.2) is 48.5 Å². The number of likely N-dealkylation sites (N-methyl/N-ethyl adjacent to an activating group) is 1. The summed E-state index contributed by atoms with van der Waals surface area (Å²) < 4.78 is 5.34. The van der Waals surface area contributed by atoms with E-state index < -0.39 is 0 Å². The molecule has 0 N–H and O–H groups in total. The lowest BCUT2D eigenvalue weighted by Crippen LogP contribution is -2.31. The highest BCUT2D eigenvalue weighted by molar-refractivity contribution is 5.80. The van der Waals surface area contributed by atoms with Crippen LogP contribution >= 0.6 is 0 Å². The van der Waals surface area contributed by atoms with Gasteiger partial charge in [-0.3, -0.25) is 4.79 Å². The molecule has 3 nitrogen and oxygen atoms in total. The summed E-state index contributed by atoms with van der Waals surface area (Å²) in [5.74, 6) is 0.905. The van der Waals surface area contributed by atoms with E-state index in [4.69, 9.17) is 4.74 Å². The first-order chi connectivity index (χ1) is 10.7. The molecule has 0 aromatic heterocycles. The molecule has 2 aromatic rings. The van der Waals surface area contributed by atoms with E-state index in [1.807, 2.05) is 36.2 Å². The highest BCUT2D eigenvalue weighted by atomic mass is 16.5. The molecular formula is C19H21NO2. The SMILES string of the molecule is COc1ccccc1CC(=O)N(C)[C@@H]1CCc2ccccc21. The predicted octanol–water partition coefficient (Wildman–Crippen LogP) is 3.38. The summed E-state index contributed by atoms with van der Waals surface area (Å²) in [6.45, 7) is 0. The van der Waals surface area contributed by atoms with Crippen molar-refractivity contribution in [1.29, 1.82) is 0 Å². The number of carbonyl (C=O) groups excluding carboxylic acids is 1. The van der Waals surface area contributed by atoms with Crippen LogP contribution in [0.1, 0.15) is 29.2 Å². The highest BCUT2D eigenvalue weighted by Gasteiger charge is 2.28. The molecule has 3 rings (SSSR count). The third-order valence-corrected chi connectivity index (χ3v) is 4.50. The van der Waals surface area contributed by atoms with E-state index in [9.17, 15) is 4.79 Å². The fourth-order valence-electron chi connectivity index (χ4n) is 3.25. The number of rotatable bonds is 4. The summed E-state index contributed by atoms with van der Waals surface area (Å²) in [7, 11) is 3.55. The van der Waals surface area contributed by atoms with Crippen LogP contribution in [0.4, 0.5) is 0 Å². The first-order valence-corrected chi connectivity index (χ1v) is 7.66. The van der Waals surface area contributed by atoms with Gasteiger partial charge in [0.25, 0.3) is 0 Å². The topological polar surface area (TPSA) is 29.5 Å². The Morgan fingerprint density at radius 2 is 1.91 bits per heavy atom. The third-order valence-electron chi connectivity index (χ3n) is 4.50. The number of amides is 1. The number of benzene rings is 2. The van der Waals surface area contributed by atoms with E-state index >= 15 is 0 Å². The molecule has 2 aromatic carbocycles. The van der Waals surface area contributed by atoms with Crippen molar-refractivity contribution in [2.24, 2.45) is 0 Å². The van der Waals surface area contributed by atoms with Gasteiger partial charge in [0, 0.05) is 12.6 Å². The zero-order valence-corrected chi connectivity index (χ0v) is 13.1. The van der Waals surface area contributed by atoms with Crippen molar-refractivity contribution in [2.45, 2.75) is 25.3 Å². The van der Waals surface area contributed by atoms with Gasteiger partial charge in [-0.1, -0.05) is 42.5 Å². The molecule has 1 amide bonds. The molecule has 0 spiro atoms. The van der Waals surface area contributed by atoms with E-state index in [1.54, 1.807) is 7.11 Å². The zero-order chi connectivity index (χ0) is 15.5. The average molecular weight is 295 g/mol. The van der Waals surface area contributed by atoms with E-state index in [1.165, 1.54) is 11.1 Å². The van der Waals surface area contributed by atoms with Crippen LogP contribution in [0.5, 0.6) is 5.75 Å². The van der Waals surface area contributed by atoms with Gasteiger partial charge in [0.15, 0.2) is 0 Å². The van der Waals surface area contributed by atoms with Crippen molar-refractivity contribution in [3.8, 4) is 5.75 Å². The number of hydrogen-bond donors (Lipinski definition) is 0. The Morgan fingerprint density at radius 3 is 2.73 bits per heavy atom. The van der Waals surface area contributed by atoms with Gasteiger partial charge in [-0.05, 0) is 30.0 Å². The minimum atomic E-state index is 0.131. The normalized spacial score (nSPS) is 16.2. The van der Waals surface area contributed by atoms with Gasteiger partial charge in [0.2, 0.25) is 5.91 Å². The predicted molar refractivity (Wildman–Crippen MR) is 87.0 cm³/mol. The van der Waals surface area contributed by atoms with E-state index in [-0.39, 0.29) is 11.9 Å². The molecule has 22 heavy (non-hydrogen) atoms. The van der Waals surface area contributed by atoms with Gasteiger partial charge in [-0.2, -0.15) is 0 Å². The summed E-state index contributed by atoms with van der Waals surface area (Å²) in [5, 5.41) is 0. The number of nitrogens with zero attached hydrogens (tertiary/aromatic N) is 1. The molecule has 3 heteroatoms. The van der Waals surface area contributed by atoms with E-state index in [0.29, 0.717) is 6.42 Å². The number of methoxy groups -OCH3 is 1. The summed E-state index contributed by atoms with van der Waals surface area (Å²) in [5.41, 5.74) is 3.59. The number of hydrogen-bond acceptors (Lipinski definition) is 2. The Bertz CT molecular complexity index is 681. The van der Waals surface area contributed by atoms with Crippen molar-refractivity contribution in [3.05, 3.63) is 65.2 Å². The Balaban J connectivity index is 1.76. The summed E-state index contributed by atoms with van der Waals surface area (Å²) >= 11 is 0. The van der Waals surface area contributed by atoms with Gasteiger partial charge in [0.05, 0.1) is 19.6 Å². The minimum Gasteiger partial charge on any atom is -0.496 e. The van der Waals surface area contributed by atoms with Crippen LogP contribution in [-0.4, -0.2) is 25.0 Å². The Labute approximate surface area is 131 Å². The third kappa shape index (κ3) is 2.71. The smallest absolute Gasteiger partial charge is 0.227 e. The monoisotopic (exact) mass is 295 g/mol. The molecular weight excluding hydrogens is 274 g/mol. The molecule has 1 aliphatic carbocycles. The van der Waals surface area contributed by atoms with Gasteiger partial charge >= 0.3 is 0 Å². The van der Waals surface area contributed by atoms with Crippen molar-refractivity contribution in [1.82, 2.24) is 4.90 Å². The Kier molecular flexibility index (Phi) is 4.14. The van der Waals surface area contributed by atoms with Gasteiger partial charge in [0.1, 0.15) is 5.75 Å². The van der Waals surface area contributed by atoms with Crippen molar-refractivity contribution in [3.63, 3.8) is 0 Å². The van der Waals surface area contributed by atoms with Crippen LogP contribution in [-0.2, 0) is 17.6 Å². The van der Waals surface area contributed by atoms with Gasteiger partial charge < -0.3 is 9.64 Å². The maximum atomic E-state index is 12.6. The molecule has 0 fully saturated rings. The van der Waals surface area contributed by atoms with Gasteiger partial charge in [-0.15, -0.1) is 0 Å². The van der Waals surface area contributed by atoms with Crippen LogP contribution in [0.25, 0.3) is 0 Å². The van der Waals surface area contributed by atoms with Crippen LogP contribution in [0, 0.1) is 0 Å². The summed E-state index contributed by atoms with van der Waals surface area (Å²) in [6, 6.07) is 16.3. The molecule has 1 atom stereocenters. The molecule has 0 unspecified atom stereocenters. The maximum absolute atomic E-state index is 12.6. The van der Waals surface area contributed by atoms with Crippen LogP contribution in [0.3, 0.4) is 0 Å². The largest absolute Gasteiger partial charge is 0.496 e. The summed E-state index contributed by atoms with van der Waals surface area (Å²) in [6.07, 6.45) is 2.43.